The van der Waals surface area contributed by atoms with Crippen molar-refractivity contribution in [3.63, 3.8) is 0 Å². The molecule has 0 amide bonds. The molecule has 2 heterocycles. The molecule has 0 bridgehead atoms. The van der Waals surface area contributed by atoms with E-state index >= 15 is 0 Å². The molecule has 0 spiro atoms. The zero-order valence-electron chi connectivity index (χ0n) is 11.6. The van der Waals surface area contributed by atoms with Crippen LogP contribution in [0.4, 0.5) is 5.82 Å². The van der Waals surface area contributed by atoms with Gasteiger partial charge in [-0.05, 0) is 20.8 Å². The van der Waals surface area contributed by atoms with Crippen LogP contribution in [0.5, 0.6) is 0 Å². The quantitative estimate of drug-likeness (QED) is 0.865. The van der Waals surface area contributed by atoms with Crippen molar-refractivity contribution in [2.24, 2.45) is 0 Å². The van der Waals surface area contributed by atoms with E-state index in [1.165, 1.54) is 0 Å². The highest BCUT2D eigenvalue weighted by Gasteiger charge is 2.18. The third-order valence-corrected chi connectivity index (χ3v) is 3.59. The van der Waals surface area contributed by atoms with E-state index in [0.717, 1.165) is 10.7 Å². The topological polar surface area (TPSA) is 91.0 Å². The molecule has 6 nitrogen and oxygen atoms in total. The SMILES string of the molecule is CCOC(=O)c1c(C)nc(Cc2nc(C)cs2)nc1N. The molecule has 0 aromatic carbocycles. The number of thiazole rings is 1. The number of hydrogen-bond acceptors (Lipinski definition) is 7. The summed E-state index contributed by atoms with van der Waals surface area (Å²) in [4.78, 5) is 24.6. The number of carbonyl (C=O) groups excluding carboxylic acids is 1. The van der Waals surface area contributed by atoms with Gasteiger partial charge in [0.2, 0.25) is 0 Å². The zero-order valence-corrected chi connectivity index (χ0v) is 12.5. The van der Waals surface area contributed by atoms with Crippen LogP contribution in [0.3, 0.4) is 0 Å². The molecule has 7 heteroatoms. The lowest BCUT2D eigenvalue weighted by atomic mass is 10.2. The Morgan fingerprint density at radius 2 is 2.10 bits per heavy atom. The fraction of sp³-hybridized carbons (Fsp3) is 0.385. The van der Waals surface area contributed by atoms with E-state index in [0.29, 0.717) is 17.9 Å². The van der Waals surface area contributed by atoms with Crippen LogP contribution in [-0.4, -0.2) is 27.5 Å². The van der Waals surface area contributed by atoms with Crippen LogP contribution in [0.2, 0.25) is 0 Å². The number of nitrogens with zero attached hydrogens (tertiary/aromatic N) is 3. The molecule has 2 aromatic rings. The summed E-state index contributed by atoms with van der Waals surface area (Å²) in [7, 11) is 0. The van der Waals surface area contributed by atoms with E-state index in [4.69, 9.17) is 10.5 Å². The fourth-order valence-electron chi connectivity index (χ4n) is 1.81. The van der Waals surface area contributed by atoms with E-state index in [-0.39, 0.29) is 18.0 Å². The van der Waals surface area contributed by atoms with Crippen LogP contribution in [-0.2, 0) is 11.2 Å². The second-order valence-corrected chi connectivity index (χ2v) is 5.21. The second kappa shape index (κ2) is 5.96. The van der Waals surface area contributed by atoms with Crippen molar-refractivity contribution in [2.45, 2.75) is 27.2 Å². The highest BCUT2D eigenvalue weighted by Crippen LogP contribution is 2.17. The Labute approximate surface area is 121 Å². The first-order chi connectivity index (χ1) is 9.51. The van der Waals surface area contributed by atoms with E-state index in [1.807, 2.05) is 12.3 Å². The van der Waals surface area contributed by atoms with Gasteiger partial charge >= 0.3 is 5.97 Å². The molecular formula is C13H16N4O2S. The maximum Gasteiger partial charge on any atom is 0.343 e. The predicted octanol–water partition coefficient (Wildman–Crippen LogP) is 1.90. The predicted molar refractivity (Wildman–Crippen MR) is 76.8 cm³/mol. The fourth-order valence-corrected chi connectivity index (χ4v) is 2.58. The zero-order chi connectivity index (χ0) is 14.7. The van der Waals surface area contributed by atoms with Crippen molar-refractivity contribution in [1.82, 2.24) is 15.0 Å². The molecule has 0 unspecified atom stereocenters. The van der Waals surface area contributed by atoms with Crippen LogP contribution in [0.15, 0.2) is 5.38 Å². The van der Waals surface area contributed by atoms with Crippen molar-refractivity contribution in [3.8, 4) is 0 Å². The van der Waals surface area contributed by atoms with Gasteiger partial charge < -0.3 is 10.5 Å². The normalized spacial score (nSPS) is 10.6. The smallest absolute Gasteiger partial charge is 0.343 e. The molecule has 0 aliphatic carbocycles. The van der Waals surface area contributed by atoms with Crippen LogP contribution in [0, 0.1) is 13.8 Å². The van der Waals surface area contributed by atoms with Crippen molar-refractivity contribution in [2.75, 3.05) is 12.3 Å². The summed E-state index contributed by atoms with van der Waals surface area (Å²) in [5.41, 5.74) is 7.58. The Morgan fingerprint density at radius 3 is 2.65 bits per heavy atom. The lowest BCUT2D eigenvalue weighted by molar-refractivity contribution is 0.0526. The molecule has 0 aliphatic heterocycles. The molecule has 0 radical (unpaired) electrons. The summed E-state index contributed by atoms with van der Waals surface area (Å²) in [5.74, 6) is 0.223. The van der Waals surface area contributed by atoms with Gasteiger partial charge in [0.25, 0.3) is 0 Å². The van der Waals surface area contributed by atoms with Gasteiger partial charge in [-0.15, -0.1) is 11.3 Å². The Morgan fingerprint density at radius 1 is 1.35 bits per heavy atom. The van der Waals surface area contributed by atoms with Gasteiger partial charge in [-0.2, -0.15) is 0 Å². The molecule has 2 N–H and O–H groups in total. The molecule has 0 fully saturated rings. The van der Waals surface area contributed by atoms with E-state index < -0.39 is 5.97 Å². The molecule has 0 atom stereocenters. The maximum atomic E-state index is 11.8. The number of hydrogen-bond donors (Lipinski definition) is 1. The second-order valence-electron chi connectivity index (χ2n) is 4.27. The lowest BCUT2D eigenvalue weighted by Gasteiger charge is -2.09. The molecule has 0 aliphatic rings. The number of rotatable bonds is 4. The third kappa shape index (κ3) is 3.11. The molecule has 2 rings (SSSR count). The van der Waals surface area contributed by atoms with E-state index in [2.05, 4.69) is 15.0 Å². The van der Waals surface area contributed by atoms with Gasteiger partial charge in [0.1, 0.15) is 22.2 Å². The number of ether oxygens (including phenoxy) is 1. The van der Waals surface area contributed by atoms with Crippen molar-refractivity contribution >= 4 is 23.1 Å². The maximum absolute atomic E-state index is 11.8. The summed E-state index contributed by atoms with van der Waals surface area (Å²) in [6.45, 7) is 5.69. The van der Waals surface area contributed by atoms with E-state index in [1.54, 1.807) is 25.2 Å². The Hall–Kier alpha value is -2.02. The van der Waals surface area contributed by atoms with Crippen LogP contribution < -0.4 is 5.73 Å². The van der Waals surface area contributed by atoms with Gasteiger partial charge in [-0.1, -0.05) is 0 Å². The summed E-state index contributed by atoms with van der Waals surface area (Å²) in [6, 6.07) is 0. The van der Waals surface area contributed by atoms with Crippen molar-refractivity contribution in [1.29, 1.82) is 0 Å². The minimum absolute atomic E-state index is 0.152. The Bertz CT molecular complexity index is 616. The highest BCUT2D eigenvalue weighted by atomic mass is 32.1. The number of nitrogens with two attached hydrogens (primary N) is 1. The molecule has 20 heavy (non-hydrogen) atoms. The van der Waals surface area contributed by atoms with Gasteiger partial charge in [0.05, 0.1) is 18.7 Å². The lowest BCUT2D eigenvalue weighted by Crippen LogP contribution is -2.14. The molecule has 106 valence electrons. The van der Waals surface area contributed by atoms with Gasteiger partial charge in [0.15, 0.2) is 0 Å². The molecule has 0 saturated carbocycles. The number of carbonyl (C=O) groups is 1. The first-order valence-corrected chi connectivity index (χ1v) is 7.10. The highest BCUT2D eigenvalue weighted by molar-refractivity contribution is 7.09. The molecular weight excluding hydrogens is 276 g/mol. The number of aryl methyl sites for hydroxylation is 2. The average Bonchev–Trinajstić information content (AvgIpc) is 2.74. The number of esters is 1. The van der Waals surface area contributed by atoms with Gasteiger partial charge in [-0.25, -0.2) is 19.7 Å². The van der Waals surface area contributed by atoms with Gasteiger partial charge in [0, 0.05) is 11.1 Å². The van der Waals surface area contributed by atoms with Crippen molar-refractivity contribution in [3.05, 3.63) is 33.2 Å². The van der Waals surface area contributed by atoms with Crippen molar-refractivity contribution < 1.29 is 9.53 Å². The third-order valence-electron chi connectivity index (χ3n) is 2.62. The monoisotopic (exact) mass is 292 g/mol. The number of anilines is 1. The first kappa shape index (κ1) is 14.4. The van der Waals surface area contributed by atoms with Gasteiger partial charge in [-0.3, -0.25) is 0 Å². The number of aromatic nitrogens is 3. The standard InChI is InChI=1S/C13H16N4O2S/c1-4-19-13(18)11-8(3)16-9(17-12(11)14)5-10-15-7(2)6-20-10/h6H,4-5H2,1-3H3,(H2,14,16,17). The van der Waals surface area contributed by atoms with Crippen LogP contribution in [0.1, 0.15) is 39.5 Å². The summed E-state index contributed by atoms with van der Waals surface area (Å²) >= 11 is 1.55. The minimum atomic E-state index is -0.487. The van der Waals surface area contributed by atoms with E-state index in [9.17, 15) is 4.79 Å². The largest absolute Gasteiger partial charge is 0.462 e. The number of nitrogen functional groups attached to an aromatic ring is 1. The summed E-state index contributed by atoms with van der Waals surface area (Å²) < 4.78 is 4.94. The van der Waals surface area contributed by atoms with Crippen LogP contribution in [0.25, 0.3) is 0 Å². The Balaban J connectivity index is 2.28. The summed E-state index contributed by atoms with van der Waals surface area (Å²) in [6.07, 6.45) is 0.507. The first-order valence-electron chi connectivity index (χ1n) is 6.22. The Kier molecular flexibility index (Phi) is 4.29. The minimum Gasteiger partial charge on any atom is -0.462 e. The summed E-state index contributed by atoms with van der Waals surface area (Å²) in [5, 5.41) is 2.89. The molecule has 2 aromatic heterocycles. The average molecular weight is 292 g/mol. The molecule has 0 saturated heterocycles. The van der Waals surface area contributed by atoms with Crippen LogP contribution >= 0.6 is 11.3 Å².